The van der Waals surface area contributed by atoms with Crippen molar-refractivity contribution in [2.45, 2.75) is 5.41 Å². The van der Waals surface area contributed by atoms with Gasteiger partial charge in [0.1, 0.15) is 5.52 Å². The largest absolute Gasteiger partial charge is 0.312 e. The number of hydrogen-bond donors (Lipinski definition) is 0. The SMILES string of the molecule is c1ccc(B2c3ccccc3N(c3cccc4nccnc34)c3cc4c5c(c32)N(c2ccccc2)c2ccccc2B5c2ccccc2C4(c2ccccc2)c2ccccc2)cc1. The molecule has 0 N–H and O–H groups in total. The smallest absolute Gasteiger partial charge is 0.249 e. The Morgan fingerprint density at radius 2 is 0.921 bits per heavy atom. The minimum Gasteiger partial charge on any atom is -0.312 e. The van der Waals surface area contributed by atoms with Crippen LogP contribution in [0, 0.1) is 0 Å². The van der Waals surface area contributed by atoms with Gasteiger partial charge in [-0.2, -0.15) is 0 Å². The van der Waals surface area contributed by atoms with Crippen molar-refractivity contribution in [2.24, 2.45) is 0 Å². The van der Waals surface area contributed by atoms with Gasteiger partial charge in [-0.1, -0.05) is 187 Å². The average Bonchev–Trinajstić information content (AvgIpc) is 3.36. The Morgan fingerprint density at radius 3 is 1.62 bits per heavy atom. The first-order valence-corrected chi connectivity index (χ1v) is 21.8. The Bertz CT molecular complexity index is 3340. The lowest BCUT2D eigenvalue weighted by molar-refractivity contribution is 0.751. The Kier molecular flexibility index (Phi) is 7.98. The number of hydrogen-bond acceptors (Lipinski definition) is 4. The molecule has 9 aromatic carbocycles. The lowest BCUT2D eigenvalue weighted by atomic mass is 9.27. The zero-order valence-corrected chi connectivity index (χ0v) is 34.4. The first-order chi connectivity index (χ1) is 31.3. The highest BCUT2D eigenvalue weighted by atomic mass is 15.2. The summed E-state index contributed by atoms with van der Waals surface area (Å²) in [6, 6.07) is 80.9. The molecule has 13 rings (SSSR count). The molecule has 3 aliphatic rings. The molecule has 0 unspecified atom stereocenters. The van der Waals surface area contributed by atoms with Crippen LogP contribution in [0.2, 0.25) is 0 Å². The maximum absolute atomic E-state index is 5.06. The van der Waals surface area contributed by atoms with E-state index in [1.807, 2.05) is 6.20 Å². The Balaban J connectivity index is 1.30. The summed E-state index contributed by atoms with van der Waals surface area (Å²) in [5.41, 5.74) is 20.6. The summed E-state index contributed by atoms with van der Waals surface area (Å²) in [7, 11) is 0. The summed E-state index contributed by atoms with van der Waals surface area (Å²) in [4.78, 5) is 15.0. The maximum atomic E-state index is 5.06. The molecule has 0 fully saturated rings. The topological polar surface area (TPSA) is 32.3 Å². The van der Waals surface area contributed by atoms with E-state index < -0.39 is 5.41 Å². The fourth-order valence-corrected chi connectivity index (χ4v) is 11.4. The van der Waals surface area contributed by atoms with E-state index in [4.69, 9.17) is 9.97 Å². The molecule has 0 amide bonds. The van der Waals surface area contributed by atoms with Crippen LogP contribution < -0.4 is 42.6 Å². The quantitative estimate of drug-likeness (QED) is 0.163. The van der Waals surface area contributed by atoms with Crippen molar-refractivity contribution in [3.05, 3.63) is 253 Å². The number of rotatable bonds is 5. The highest BCUT2D eigenvalue weighted by Gasteiger charge is 2.54. The fourth-order valence-electron chi connectivity index (χ4n) is 11.4. The normalized spacial score (nSPS) is 14.0. The minimum atomic E-state index is -0.688. The molecule has 292 valence electrons. The summed E-state index contributed by atoms with van der Waals surface area (Å²) < 4.78 is 0. The predicted molar refractivity (Wildman–Crippen MR) is 263 cm³/mol. The molecule has 0 saturated heterocycles. The van der Waals surface area contributed by atoms with Crippen LogP contribution in [-0.4, -0.2) is 23.4 Å². The van der Waals surface area contributed by atoms with Crippen LogP contribution in [0.25, 0.3) is 11.0 Å². The Hall–Kier alpha value is -7.95. The number of aromatic nitrogens is 2. The van der Waals surface area contributed by atoms with E-state index in [2.05, 4.69) is 228 Å². The molecule has 0 spiro atoms. The minimum absolute atomic E-state index is 0.0429. The molecular formula is C57H38B2N4. The van der Waals surface area contributed by atoms with Gasteiger partial charge in [-0.15, -0.1) is 0 Å². The highest BCUT2D eigenvalue weighted by Crippen LogP contribution is 2.52. The maximum Gasteiger partial charge on any atom is 0.249 e. The molecule has 6 heteroatoms. The van der Waals surface area contributed by atoms with E-state index in [1.54, 1.807) is 6.20 Å². The van der Waals surface area contributed by atoms with Crippen molar-refractivity contribution >= 4 is 91.4 Å². The number of anilines is 6. The van der Waals surface area contributed by atoms with Crippen molar-refractivity contribution < 1.29 is 0 Å². The van der Waals surface area contributed by atoms with Gasteiger partial charge < -0.3 is 9.80 Å². The third kappa shape index (κ3) is 5.06. The van der Waals surface area contributed by atoms with Gasteiger partial charge in [0.05, 0.1) is 16.6 Å². The molecule has 10 aromatic rings. The zero-order chi connectivity index (χ0) is 41.5. The van der Waals surface area contributed by atoms with Crippen molar-refractivity contribution in [2.75, 3.05) is 9.80 Å². The molecular weight excluding hydrogens is 762 g/mol. The number of fused-ring (bicyclic) bond motifs is 8. The van der Waals surface area contributed by atoms with Crippen molar-refractivity contribution in [3.63, 3.8) is 0 Å². The molecule has 0 atom stereocenters. The van der Waals surface area contributed by atoms with Crippen LogP contribution in [0.1, 0.15) is 22.3 Å². The van der Waals surface area contributed by atoms with Crippen LogP contribution in [0.15, 0.2) is 231 Å². The first kappa shape index (κ1) is 35.8. The summed E-state index contributed by atoms with van der Waals surface area (Å²) in [6.07, 6.45) is 3.61. The van der Waals surface area contributed by atoms with Gasteiger partial charge in [0.15, 0.2) is 0 Å². The van der Waals surface area contributed by atoms with E-state index in [-0.39, 0.29) is 13.4 Å². The number of para-hydroxylation sites is 4. The molecule has 3 aliphatic heterocycles. The van der Waals surface area contributed by atoms with Crippen LogP contribution in [0.3, 0.4) is 0 Å². The number of nitrogens with zero attached hydrogens (tertiary/aromatic N) is 4. The third-order valence-corrected chi connectivity index (χ3v) is 13.7. The summed E-state index contributed by atoms with van der Waals surface area (Å²) >= 11 is 0. The van der Waals surface area contributed by atoms with Gasteiger partial charge in [-0.25, -0.2) is 0 Å². The van der Waals surface area contributed by atoms with Gasteiger partial charge in [-0.05, 0) is 86.6 Å². The van der Waals surface area contributed by atoms with E-state index in [9.17, 15) is 0 Å². The van der Waals surface area contributed by atoms with Crippen LogP contribution in [-0.2, 0) is 5.41 Å². The lowest BCUT2D eigenvalue weighted by Crippen LogP contribution is -2.68. The molecule has 0 bridgehead atoms. The third-order valence-electron chi connectivity index (χ3n) is 13.7. The standard InChI is InChI=1S/C57H38B2N4/c1-5-20-39(21-6-1)57(40-22-7-2-8-23-40)43-28-13-14-29-45(43)59-47-31-16-17-33-49(47)62(42-26-11-4-12-27-42)56-53(59)44(57)38-52-54(56)58(41-24-9-3-10-25-41)46-30-15-18-34-50(46)63(52)51-35-19-32-48-55(51)61-37-36-60-48/h1-38H. The van der Waals surface area contributed by atoms with Crippen molar-refractivity contribution in [3.8, 4) is 0 Å². The monoisotopic (exact) mass is 800 g/mol. The van der Waals surface area contributed by atoms with Gasteiger partial charge >= 0.3 is 0 Å². The molecule has 0 saturated carbocycles. The summed E-state index contributed by atoms with van der Waals surface area (Å²) in [5.74, 6) is 0. The van der Waals surface area contributed by atoms with Gasteiger partial charge in [0.25, 0.3) is 0 Å². The average molecular weight is 801 g/mol. The molecule has 1 aromatic heterocycles. The van der Waals surface area contributed by atoms with Crippen LogP contribution in [0.4, 0.5) is 34.1 Å². The Morgan fingerprint density at radius 1 is 0.381 bits per heavy atom. The van der Waals surface area contributed by atoms with Gasteiger partial charge in [-0.3, -0.25) is 9.97 Å². The van der Waals surface area contributed by atoms with Crippen LogP contribution in [0.5, 0.6) is 0 Å². The van der Waals surface area contributed by atoms with Gasteiger partial charge in [0.2, 0.25) is 13.4 Å². The molecule has 4 heterocycles. The van der Waals surface area contributed by atoms with E-state index >= 15 is 0 Å². The number of benzene rings is 9. The predicted octanol–water partition coefficient (Wildman–Crippen LogP) is 8.92. The molecule has 63 heavy (non-hydrogen) atoms. The van der Waals surface area contributed by atoms with E-state index in [0.29, 0.717) is 0 Å². The first-order valence-electron chi connectivity index (χ1n) is 21.8. The van der Waals surface area contributed by atoms with Gasteiger partial charge in [0, 0.05) is 40.8 Å². The second-order valence-electron chi connectivity index (χ2n) is 16.8. The fraction of sp³-hybridized carbons (Fsp3) is 0.0175. The zero-order valence-electron chi connectivity index (χ0n) is 34.4. The highest BCUT2D eigenvalue weighted by molar-refractivity contribution is 7.02. The second kappa shape index (κ2) is 14.1. The summed E-state index contributed by atoms with van der Waals surface area (Å²) in [6.45, 7) is -0.147. The molecule has 0 aliphatic carbocycles. The van der Waals surface area contributed by atoms with Crippen molar-refractivity contribution in [1.82, 2.24) is 9.97 Å². The van der Waals surface area contributed by atoms with Crippen molar-refractivity contribution in [1.29, 1.82) is 0 Å². The lowest BCUT2D eigenvalue weighted by Gasteiger charge is -2.51. The molecule has 4 nitrogen and oxygen atoms in total. The summed E-state index contributed by atoms with van der Waals surface area (Å²) in [5, 5.41) is 0. The van der Waals surface area contributed by atoms with E-state index in [1.165, 1.54) is 66.4 Å². The Labute approximate surface area is 368 Å². The second-order valence-corrected chi connectivity index (χ2v) is 16.8. The molecule has 0 radical (unpaired) electrons. The van der Waals surface area contributed by atoms with Crippen LogP contribution >= 0.6 is 0 Å². The van der Waals surface area contributed by atoms with E-state index in [0.717, 1.165) is 33.8 Å².